The smallest absolute Gasteiger partial charge is 0.194 e. The van der Waals surface area contributed by atoms with Gasteiger partial charge in [-0.15, -0.1) is 23.5 Å². The highest BCUT2D eigenvalue weighted by molar-refractivity contribution is 8.00. The van der Waals surface area contributed by atoms with E-state index in [-0.39, 0.29) is 15.3 Å². The molecule has 0 amide bonds. The maximum absolute atomic E-state index is 13.5. The lowest BCUT2D eigenvalue weighted by atomic mass is 9.88. The first-order valence-electron chi connectivity index (χ1n) is 12.4. The zero-order valence-electron chi connectivity index (χ0n) is 21.8. The van der Waals surface area contributed by atoms with Gasteiger partial charge in [0.25, 0.3) is 0 Å². The lowest BCUT2D eigenvalue weighted by Gasteiger charge is -2.18. The van der Waals surface area contributed by atoms with E-state index in [0.717, 1.165) is 33.4 Å². The number of carbonyl (C=O) groups excluding carboxylic acids is 1. The van der Waals surface area contributed by atoms with E-state index in [2.05, 4.69) is 120 Å². The third-order valence-corrected chi connectivity index (χ3v) is 8.28. The van der Waals surface area contributed by atoms with Crippen molar-refractivity contribution in [2.75, 3.05) is 0 Å². The first-order chi connectivity index (χ1) is 17.0. The maximum atomic E-state index is 13.5. The van der Waals surface area contributed by atoms with Gasteiger partial charge >= 0.3 is 0 Å². The normalized spacial score (nSPS) is 15.2. The van der Waals surface area contributed by atoms with Gasteiger partial charge in [-0.1, -0.05) is 84.0 Å². The highest BCUT2D eigenvalue weighted by Gasteiger charge is 2.29. The minimum Gasteiger partial charge on any atom is -0.289 e. The summed E-state index contributed by atoms with van der Waals surface area (Å²) in [6, 6.07) is 23.7. The standard InChI is InChI=1S/C33H32OS2/c1-32(2,3)35-25-12-7-21(8-13-25)23-11-16-27-24(19-23)20-30-29(27)18-17-28(31(30)34)22-9-14-26(15-10-22)36-33(4,5)6/h7-20H,1-6H3. The van der Waals surface area contributed by atoms with Crippen molar-refractivity contribution in [2.45, 2.75) is 60.8 Å². The number of thioether (sulfide) groups is 2. The molecule has 0 aromatic heterocycles. The molecule has 3 aromatic rings. The van der Waals surface area contributed by atoms with Crippen LogP contribution in [0.4, 0.5) is 0 Å². The molecular weight excluding hydrogens is 476 g/mol. The molecule has 0 unspecified atom stereocenters. The third kappa shape index (κ3) is 5.33. The van der Waals surface area contributed by atoms with E-state index in [1.807, 2.05) is 29.6 Å². The van der Waals surface area contributed by atoms with Crippen LogP contribution in [0, 0.1) is 0 Å². The monoisotopic (exact) mass is 508 g/mol. The van der Waals surface area contributed by atoms with E-state index in [0.29, 0.717) is 0 Å². The second-order valence-electron chi connectivity index (χ2n) is 11.3. The lowest BCUT2D eigenvalue weighted by molar-refractivity contribution is -0.110. The van der Waals surface area contributed by atoms with Gasteiger partial charge < -0.3 is 0 Å². The van der Waals surface area contributed by atoms with Gasteiger partial charge in [0.05, 0.1) is 0 Å². The van der Waals surface area contributed by atoms with Crippen LogP contribution < -0.4 is 0 Å². The summed E-state index contributed by atoms with van der Waals surface area (Å²) in [7, 11) is 0. The van der Waals surface area contributed by atoms with Crippen molar-refractivity contribution in [1.82, 2.24) is 0 Å². The highest BCUT2D eigenvalue weighted by atomic mass is 32.2. The molecule has 36 heavy (non-hydrogen) atoms. The molecule has 0 bridgehead atoms. The Hall–Kier alpha value is -2.75. The molecular formula is C33H32OS2. The topological polar surface area (TPSA) is 17.1 Å². The number of benzene rings is 3. The van der Waals surface area contributed by atoms with Gasteiger partial charge in [0.15, 0.2) is 5.78 Å². The van der Waals surface area contributed by atoms with Crippen LogP contribution in [0.15, 0.2) is 94.2 Å². The molecule has 3 heteroatoms. The Kier molecular flexibility index (Phi) is 6.43. The molecule has 0 fully saturated rings. The molecule has 0 heterocycles. The Balaban J connectivity index is 1.39. The Morgan fingerprint density at radius 3 is 1.61 bits per heavy atom. The Bertz CT molecular complexity index is 1420. The van der Waals surface area contributed by atoms with E-state index in [4.69, 9.17) is 0 Å². The summed E-state index contributed by atoms with van der Waals surface area (Å²) >= 11 is 3.72. The molecule has 0 aliphatic heterocycles. The summed E-state index contributed by atoms with van der Waals surface area (Å²) in [5, 5.41) is 0. The van der Waals surface area contributed by atoms with Crippen molar-refractivity contribution in [3.05, 3.63) is 101 Å². The summed E-state index contributed by atoms with van der Waals surface area (Å²) in [5.74, 6) is 0.102. The average Bonchev–Trinajstić information content (AvgIpc) is 3.17. The second kappa shape index (κ2) is 9.28. The van der Waals surface area contributed by atoms with Crippen molar-refractivity contribution < 1.29 is 4.79 Å². The largest absolute Gasteiger partial charge is 0.289 e. The third-order valence-electron chi connectivity index (χ3n) is 6.04. The first kappa shape index (κ1) is 24.9. The molecule has 0 saturated heterocycles. The second-order valence-corrected chi connectivity index (χ2v) is 15.1. The van der Waals surface area contributed by atoms with Crippen molar-refractivity contribution in [1.29, 1.82) is 0 Å². The Morgan fingerprint density at radius 2 is 1.06 bits per heavy atom. The summed E-state index contributed by atoms with van der Waals surface area (Å²) < 4.78 is 0.351. The summed E-state index contributed by atoms with van der Waals surface area (Å²) in [6.45, 7) is 13.3. The van der Waals surface area contributed by atoms with Gasteiger partial charge in [0.1, 0.15) is 0 Å². The van der Waals surface area contributed by atoms with Gasteiger partial charge in [0.2, 0.25) is 0 Å². The molecule has 3 aromatic carbocycles. The average molecular weight is 509 g/mol. The number of rotatable bonds is 4. The summed E-state index contributed by atoms with van der Waals surface area (Å²) in [6.07, 6.45) is 6.15. The predicted molar refractivity (Wildman–Crippen MR) is 158 cm³/mol. The molecule has 1 nitrogen and oxygen atoms in total. The van der Waals surface area contributed by atoms with Crippen LogP contribution in [0.3, 0.4) is 0 Å². The van der Waals surface area contributed by atoms with Crippen molar-refractivity contribution >= 4 is 46.5 Å². The first-order valence-corrected chi connectivity index (χ1v) is 14.0. The van der Waals surface area contributed by atoms with Crippen molar-refractivity contribution in [2.24, 2.45) is 0 Å². The minimum absolute atomic E-state index is 0.102. The molecule has 2 aliphatic rings. The van der Waals surface area contributed by atoms with Crippen LogP contribution in [0.5, 0.6) is 0 Å². The number of ketones is 1. The van der Waals surface area contributed by atoms with Gasteiger partial charge in [-0.2, -0.15) is 0 Å². The number of Topliss-reactive ketones (excluding diaryl/α,β-unsaturated/α-hetero) is 1. The predicted octanol–water partition coefficient (Wildman–Crippen LogP) is 9.58. The van der Waals surface area contributed by atoms with E-state index in [9.17, 15) is 4.79 Å². The number of hydrogen-bond acceptors (Lipinski definition) is 3. The summed E-state index contributed by atoms with van der Waals surface area (Å²) in [5.41, 5.74) is 8.17. The number of carbonyl (C=O) groups is 1. The zero-order chi connectivity index (χ0) is 25.7. The maximum Gasteiger partial charge on any atom is 0.194 e. The summed E-state index contributed by atoms with van der Waals surface area (Å²) in [4.78, 5) is 16.0. The van der Waals surface area contributed by atoms with E-state index in [1.54, 1.807) is 0 Å². The van der Waals surface area contributed by atoms with Crippen LogP contribution in [0.2, 0.25) is 0 Å². The lowest BCUT2D eigenvalue weighted by Crippen LogP contribution is -2.09. The van der Waals surface area contributed by atoms with Crippen molar-refractivity contribution in [3.8, 4) is 11.1 Å². The Morgan fingerprint density at radius 1 is 0.556 bits per heavy atom. The van der Waals surface area contributed by atoms with E-state index >= 15 is 0 Å². The molecule has 0 N–H and O–H groups in total. The number of fused-ring (bicyclic) bond motifs is 3. The SMILES string of the molecule is CC(C)(C)Sc1ccc(C2=CC=C3C(=Cc4cc(-c5ccc(SC(C)(C)C)cc5)ccc43)C2=O)cc1. The number of allylic oxidation sites excluding steroid dienone is 5. The van der Waals surface area contributed by atoms with E-state index in [1.165, 1.54) is 20.9 Å². The molecule has 182 valence electrons. The Labute approximate surface area is 223 Å². The molecule has 0 atom stereocenters. The zero-order valence-corrected chi connectivity index (χ0v) is 23.4. The van der Waals surface area contributed by atoms with Gasteiger partial charge in [-0.05, 0) is 75.9 Å². The van der Waals surface area contributed by atoms with Crippen molar-refractivity contribution in [3.63, 3.8) is 0 Å². The number of hydrogen-bond donors (Lipinski definition) is 0. The molecule has 5 rings (SSSR count). The van der Waals surface area contributed by atoms with Crippen LogP contribution in [0.25, 0.3) is 28.3 Å². The quantitative estimate of drug-likeness (QED) is 0.327. The molecule has 0 saturated carbocycles. The fraction of sp³-hybridized carbons (Fsp3) is 0.242. The van der Waals surface area contributed by atoms with Gasteiger partial charge in [-0.3, -0.25) is 4.79 Å². The van der Waals surface area contributed by atoms with Crippen LogP contribution >= 0.6 is 23.5 Å². The van der Waals surface area contributed by atoms with Crippen LogP contribution in [-0.4, -0.2) is 15.3 Å². The van der Waals surface area contributed by atoms with Crippen LogP contribution in [0.1, 0.15) is 58.2 Å². The highest BCUT2D eigenvalue weighted by Crippen LogP contribution is 2.43. The fourth-order valence-corrected chi connectivity index (χ4v) is 6.55. The molecule has 0 spiro atoms. The van der Waals surface area contributed by atoms with Gasteiger partial charge in [0, 0.05) is 30.4 Å². The minimum atomic E-state index is 0.102. The molecule has 2 aliphatic carbocycles. The van der Waals surface area contributed by atoms with E-state index < -0.39 is 0 Å². The van der Waals surface area contributed by atoms with Gasteiger partial charge in [-0.25, -0.2) is 0 Å². The fourth-order valence-electron chi connectivity index (χ4n) is 4.59. The molecule has 0 radical (unpaired) electrons. The van der Waals surface area contributed by atoms with Crippen LogP contribution in [-0.2, 0) is 4.79 Å².